The fourth-order valence-electron chi connectivity index (χ4n) is 10.1. The van der Waals surface area contributed by atoms with Crippen molar-refractivity contribution in [2.24, 2.45) is 46.3 Å². The predicted octanol–water partition coefficient (Wildman–Crippen LogP) is 6.88. The highest BCUT2D eigenvalue weighted by Gasteiger charge is 2.63. The molecule has 0 bridgehead atoms. The highest BCUT2D eigenvalue weighted by Crippen LogP contribution is 2.68. The second kappa shape index (κ2) is 9.75. The van der Waals surface area contributed by atoms with Crippen LogP contribution in [0.25, 0.3) is 0 Å². The van der Waals surface area contributed by atoms with E-state index in [2.05, 4.69) is 45.7 Å². The lowest BCUT2D eigenvalue weighted by Crippen LogP contribution is -2.52. The Bertz CT molecular complexity index is 999. The van der Waals surface area contributed by atoms with E-state index in [4.69, 9.17) is 9.47 Å². The number of likely N-dealkylation sites (tertiary alicyclic amines) is 1. The molecule has 9 atom stereocenters. The molecule has 1 saturated heterocycles. The molecule has 0 spiro atoms. The molecule has 0 aromatic heterocycles. The molecule has 1 heterocycles. The first-order valence-electron chi connectivity index (χ1n) is 14.9. The molecule has 0 amide bonds. The van der Waals surface area contributed by atoms with Gasteiger partial charge in [-0.3, -0.25) is 9.59 Å². The summed E-state index contributed by atoms with van der Waals surface area (Å²) in [5.41, 5.74) is 3.40. The fraction of sp³-hybridized carbons (Fsp3) is 0.812. The van der Waals surface area contributed by atoms with Crippen molar-refractivity contribution in [2.45, 2.75) is 105 Å². The van der Waals surface area contributed by atoms with Crippen molar-refractivity contribution in [3.8, 4) is 0 Å². The van der Waals surface area contributed by atoms with Gasteiger partial charge in [0.2, 0.25) is 0 Å². The summed E-state index contributed by atoms with van der Waals surface area (Å²) in [6.45, 7) is 14.0. The van der Waals surface area contributed by atoms with Gasteiger partial charge in [0.1, 0.15) is 11.9 Å². The van der Waals surface area contributed by atoms with Crippen LogP contribution in [0.5, 0.6) is 0 Å². The number of fused-ring (bicyclic) bond motifs is 5. The van der Waals surface area contributed by atoms with Gasteiger partial charge in [0.15, 0.2) is 0 Å². The van der Waals surface area contributed by atoms with Crippen LogP contribution in [-0.2, 0) is 19.1 Å². The maximum atomic E-state index is 12.3. The third kappa shape index (κ3) is 4.56. The summed E-state index contributed by atoms with van der Waals surface area (Å²) in [4.78, 5) is 26.4. The summed E-state index contributed by atoms with van der Waals surface area (Å²) in [5.74, 6) is 4.02. The second-order valence-electron chi connectivity index (χ2n) is 13.9. The van der Waals surface area contributed by atoms with E-state index in [9.17, 15) is 9.59 Å². The Morgan fingerprint density at radius 3 is 2.38 bits per heavy atom. The number of rotatable bonds is 3. The number of nitrogens with zero attached hydrogens (tertiary/aromatic N) is 1. The molecule has 206 valence electrons. The van der Waals surface area contributed by atoms with Gasteiger partial charge in [-0.1, -0.05) is 20.8 Å². The van der Waals surface area contributed by atoms with E-state index in [1.54, 1.807) is 6.92 Å². The third-order valence-electron chi connectivity index (χ3n) is 11.7. The first kappa shape index (κ1) is 26.8. The second-order valence-corrected chi connectivity index (χ2v) is 13.9. The molecule has 5 heteroatoms. The van der Waals surface area contributed by atoms with Crippen LogP contribution in [0.2, 0.25) is 0 Å². The molecular weight excluding hydrogens is 462 g/mol. The standard InChI is InChI=1S/C32H49NO4/c1-19-8-11-28(33(7)18-19)20(2)30-29(37-22(4)35)17-27-25-10-9-23-16-24(36-21(3)34)12-14-31(23,5)26(25)13-15-32(27,30)6/h16,19,23,25-27,29-30H,8-15,17-18H2,1-7H3/b28-20+. The van der Waals surface area contributed by atoms with Gasteiger partial charge >= 0.3 is 11.9 Å². The number of allylic oxidation sites excluding steroid dienone is 3. The normalized spacial score (nSPS) is 44.7. The van der Waals surface area contributed by atoms with Crippen molar-refractivity contribution >= 4 is 11.9 Å². The van der Waals surface area contributed by atoms with Crippen LogP contribution >= 0.6 is 0 Å². The summed E-state index contributed by atoms with van der Waals surface area (Å²) < 4.78 is 11.7. The van der Waals surface area contributed by atoms with Gasteiger partial charge in [0, 0.05) is 45.5 Å². The molecule has 5 aliphatic rings. The minimum absolute atomic E-state index is 0.0150. The zero-order valence-corrected chi connectivity index (χ0v) is 24.3. The summed E-state index contributed by atoms with van der Waals surface area (Å²) in [6, 6.07) is 0. The first-order chi connectivity index (χ1) is 17.4. The Morgan fingerprint density at radius 1 is 0.946 bits per heavy atom. The molecule has 4 fully saturated rings. The smallest absolute Gasteiger partial charge is 0.307 e. The predicted molar refractivity (Wildman–Crippen MR) is 145 cm³/mol. The molecule has 5 nitrogen and oxygen atoms in total. The van der Waals surface area contributed by atoms with E-state index >= 15 is 0 Å². The molecule has 37 heavy (non-hydrogen) atoms. The number of piperidine rings is 1. The Kier molecular flexibility index (Phi) is 7.07. The molecular formula is C32H49NO4. The van der Waals surface area contributed by atoms with E-state index in [1.807, 2.05) is 0 Å². The van der Waals surface area contributed by atoms with E-state index in [0.717, 1.165) is 43.9 Å². The molecule has 5 rings (SSSR count). The fourth-order valence-corrected chi connectivity index (χ4v) is 10.1. The van der Waals surface area contributed by atoms with Crippen LogP contribution < -0.4 is 0 Å². The van der Waals surface area contributed by atoms with Crippen molar-refractivity contribution < 1.29 is 19.1 Å². The van der Waals surface area contributed by atoms with Crippen LogP contribution in [0.4, 0.5) is 0 Å². The van der Waals surface area contributed by atoms with Gasteiger partial charge in [0.05, 0.1) is 0 Å². The van der Waals surface area contributed by atoms with Crippen molar-refractivity contribution in [1.82, 2.24) is 4.90 Å². The van der Waals surface area contributed by atoms with Crippen molar-refractivity contribution in [2.75, 3.05) is 13.6 Å². The summed E-state index contributed by atoms with van der Waals surface area (Å²) >= 11 is 0. The molecule has 0 aromatic rings. The molecule has 9 unspecified atom stereocenters. The van der Waals surface area contributed by atoms with Crippen molar-refractivity contribution in [3.63, 3.8) is 0 Å². The number of carbonyl (C=O) groups is 2. The SMILES string of the molecule is CC(=O)OC1=CC2CCC3C(CCC4(C)C3CC(OC(C)=O)C4/C(C)=C3\CCC(C)CN3C)C2(C)CC1. The average molecular weight is 512 g/mol. The minimum Gasteiger partial charge on any atom is -0.462 e. The maximum absolute atomic E-state index is 12.3. The lowest BCUT2D eigenvalue weighted by Gasteiger charge is -2.59. The number of carbonyl (C=O) groups excluding carboxylic acids is 2. The van der Waals surface area contributed by atoms with E-state index in [0.29, 0.717) is 29.6 Å². The van der Waals surface area contributed by atoms with Gasteiger partial charge < -0.3 is 14.4 Å². The summed E-state index contributed by atoms with van der Waals surface area (Å²) in [5, 5.41) is 0. The highest BCUT2D eigenvalue weighted by molar-refractivity contribution is 5.67. The van der Waals surface area contributed by atoms with E-state index < -0.39 is 0 Å². The van der Waals surface area contributed by atoms with Gasteiger partial charge in [-0.25, -0.2) is 0 Å². The molecule has 4 aliphatic carbocycles. The Balaban J connectivity index is 1.45. The number of esters is 2. The Morgan fingerprint density at radius 2 is 1.70 bits per heavy atom. The largest absolute Gasteiger partial charge is 0.462 e. The summed E-state index contributed by atoms with van der Waals surface area (Å²) in [7, 11) is 2.25. The van der Waals surface area contributed by atoms with Crippen LogP contribution in [-0.4, -0.2) is 36.5 Å². The quantitative estimate of drug-likeness (QED) is 0.387. The lowest BCUT2D eigenvalue weighted by molar-refractivity contribution is -0.148. The highest BCUT2D eigenvalue weighted by atomic mass is 16.5. The lowest BCUT2D eigenvalue weighted by atomic mass is 9.45. The topological polar surface area (TPSA) is 55.8 Å². The third-order valence-corrected chi connectivity index (χ3v) is 11.7. The van der Waals surface area contributed by atoms with Crippen molar-refractivity contribution in [1.29, 1.82) is 0 Å². The van der Waals surface area contributed by atoms with E-state index in [1.165, 1.54) is 50.3 Å². The van der Waals surface area contributed by atoms with Gasteiger partial charge in [0.25, 0.3) is 0 Å². The number of hydrogen-bond donors (Lipinski definition) is 0. The Labute approximate surface area is 224 Å². The van der Waals surface area contributed by atoms with Gasteiger partial charge in [-0.05, 0) is 110 Å². The van der Waals surface area contributed by atoms with Crippen LogP contribution in [0.1, 0.15) is 99.3 Å². The van der Waals surface area contributed by atoms with Crippen LogP contribution in [0, 0.1) is 46.3 Å². The van der Waals surface area contributed by atoms with Crippen LogP contribution in [0.3, 0.4) is 0 Å². The van der Waals surface area contributed by atoms with Crippen molar-refractivity contribution in [3.05, 3.63) is 23.1 Å². The molecule has 0 N–H and O–H groups in total. The summed E-state index contributed by atoms with van der Waals surface area (Å²) in [6.07, 6.45) is 12.5. The zero-order valence-electron chi connectivity index (χ0n) is 24.3. The number of hydrogen-bond acceptors (Lipinski definition) is 5. The molecule has 0 aromatic carbocycles. The molecule has 3 saturated carbocycles. The van der Waals surface area contributed by atoms with E-state index in [-0.39, 0.29) is 28.9 Å². The molecule has 1 aliphatic heterocycles. The number of ether oxygens (including phenoxy) is 2. The van der Waals surface area contributed by atoms with Crippen LogP contribution in [0.15, 0.2) is 23.1 Å². The average Bonchev–Trinajstić information content (AvgIpc) is 3.09. The minimum atomic E-state index is -0.201. The first-order valence-corrected chi connectivity index (χ1v) is 14.9. The zero-order chi connectivity index (χ0) is 26.7. The Hall–Kier alpha value is -1.78. The van der Waals surface area contributed by atoms with Gasteiger partial charge in [-0.2, -0.15) is 0 Å². The maximum Gasteiger partial charge on any atom is 0.307 e. The van der Waals surface area contributed by atoms with Gasteiger partial charge in [-0.15, -0.1) is 0 Å². The molecule has 0 radical (unpaired) electrons. The monoisotopic (exact) mass is 511 g/mol.